The predicted molar refractivity (Wildman–Crippen MR) is 65.4 cm³/mol. The lowest BCUT2D eigenvalue weighted by Gasteiger charge is -2.21. The Labute approximate surface area is 103 Å². The second-order valence-electron chi connectivity index (χ2n) is 4.86. The van der Waals surface area contributed by atoms with Crippen molar-refractivity contribution in [3.8, 4) is 0 Å². The van der Waals surface area contributed by atoms with Crippen molar-refractivity contribution >= 4 is 11.9 Å². The van der Waals surface area contributed by atoms with Crippen LogP contribution in [0.1, 0.15) is 51.9 Å². The maximum Gasteiger partial charge on any atom is 0.328 e. The Hall–Kier alpha value is -1.06. The van der Waals surface area contributed by atoms with Crippen LogP contribution in [0, 0.1) is 5.92 Å². The van der Waals surface area contributed by atoms with Crippen LogP contribution < -0.4 is 5.32 Å². The Kier molecular flexibility index (Phi) is 6.01. The van der Waals surface area contributed by atoms with Crippen LogP contribution >= 0.6 is 0 Å². The number of methoxy groups -OCH3 is 1. The molecular weight excluding hydrogens is 218 g/mol. The number of nitrogens with one attached hydrogen (secondary N) is 1. The van der Waals surface area contributed by atoms with Crippen molar-refractivity contribution in [3.05, 3.63) is 0 Å². The summed E-state index contributed by atoms with van der Waals surface area (Å²) in [5.74, 6) is 0.257. The zero-order valence-electron chi connectivity index (χ0n) is 10.8. The largest absolute Gasteiger partial charge is 0.467 e. The summed E-state index contributed by atoms with van der Waals surface area (Å²) < 4.78 is 4.55. The summed E-state index contributed by atoms with van der Waals surface area (Å²) in [6.07, 6.45) is 7.89. The molecule has 0 bridgehead atoms. The fourth-order valence-corrected chi connectivity index (χ4v) is 2.36. The van der Waals surface area contributed by atoms with Crippen molar-refractivity contribution in [3.63, 3.8) is 0 Å². The van der Waals surface area contributed by atoms with E-state index < -0.39 is 12.0 Å². The number of carbonyl (C=O) groups is 2. The Morgan fingerprint density at radius 1 is 1.29 bits per heavy atom. The Morgan fingerprint density at radius 2 is 1.94 bits per heavy atom. The van der Waals surface area contributed by atoms with Crippen LogP contribution in [-0.4, -0.2) is 25.0 Å². The van der Waals surface area contributed by atoms with E-state index in [1.165, 1.54) is 39.2 Å². The monoisotopic (exact) mass is 241 g/mol. The number of rotatable bonds is 5. The van der Waals surface area contributed by atoms with E-state index >= 15 is 0 Å². The van der Waals surface area contributed by atoms with Crippen LogP contribution in [0.4, 0.5) is 0 Å². The van der Waals surface area contributed by atoms with Crippen molar-refractivity contribution in [2.24, 2.45) is 5.92 Å². The molecule has 1 amide bonds. The summed E-state index contributed by atoms with van der Waals surface area (Å²) in [7, 11) is 1.33. The first kappa shape index (κ1) is 14.0. The van der Waals surface area contributed by atoms with E-state index in [0.717, 1.165) is 6.42 Å². The summed E-state index contributed by atoms with van der Waals surface area (Å²) >= 11 is 0. The molecule has 1 fully saturated rings. The average Bonchev–Trinajstić information content (AvgIpc) is 2.36. The van der Waals surface area contributed by atoms with Crippen molar-refractivity contribution in [2.75, 3.05) is 7.11 Å². The number of esters is 1. The molecule has 0 aliphatic heterocycles. The first-order valence-electron chi connectivity index (χ1n) is 6.50. The van der Waals surface area contributed by atoms with Gasteiger partial charge in [-0.3, -0.25) is 4.79 Å². The first-order valence-corrected chi connectivity index (χ1v) is 6.50. The van der Waals surface area contributed by atoms with Crippen molar-refractivity contribution in [1.29, 1.82) is 0 Å². The molecule has 0 aromatic carbocycles. The second kappa shape index (κ2) is 7.30. The van der Waals surface area contributed by atoms with Gasteiger partial charge in [-0.15, -0.1) is 0 Å². The van der Waals surface area contributed by atoms with E-state index in [0.29, 0.717) is 12.3 Å². The molecule has 1 aliphatic rings. The lowest BCUT2D eigenvalue weighted by Crippen LogP contribution is -2.39. The van der Waals surface area contributed by atoms with Gasteiger partial charge in [0.1, 0.15) is 6.04 Å². The third-order valence-electron chi connectivity index (χ3n) is 3.44. The normalized spacial score (nSPS) is 18.5. The maximum absolute atomic E-state index is 11.6. The molecule has 0 heterocycles. The van der Waals surface area contributed by atoms with Crippen molar-refractivity contribution < 1.29 is 14.3 Å². The van der Waals surface area contributed by atoms with Crippen LogP contribution in [0.15, 0.2) is 0 Å². The maximum atomic E-state index is 11.6. The molecule has 0 spiro atoms. The van der Waals surface area contributed by atoms with Gasteiger partial charge >= 0.3 is 5.97 Å². The highest BCUT2D eigenvalue weighted by Crippen LogP contribution is 2.27. The molecule has 0 aromatic heterocycles. The summed E-state index contributed by atoms with van der Waals surface area (Å²) in [5, 5.41) is 2.66. The number of hydrogen-bond acceptors (Lipinski definition) is 3. The summed E-state index contributed by atoms with van der Waals surface area (Å²) in [5.41, 5.74) is 0. The number of carbonyl (C=O) groups excluding carboxylic acids is 2. The topological polar surface area (TPSA) is 55.4 Å². The number of hydrogen-bond donors (Lipinski definition) is 1. The van der Waals surface area contributed by atoms with Crippen LogP contribution in [0.3, 0.4) is 0 Å². The molecular formula is C13H23NO3. The van der Waals surface area contributed by atoms with Gasteiger partial charge in [0.25, 0.3) is 0 Å². The van der Waals surface area contributed by atoms with Gasteiger partial charge in [0, 0.05) is 6.42 Å². The molecule has 4 heteroatoms. The molecule has 0 radical (unpaired) electrons. The minimum atomic E-state index is -0.543. The molecule has 1 saturated carbocycles. The SMILES string of the molecule is COC(=O)[C@H](C)NC(=O)CCC1CCCCC1. The Bertz CT molecular complexity index is 259. The molecule has 0 aromatic rings. The highest BCUT2D eigenvalue weighted by Gasteiger charge is 2.18. The third-order valence-corrected chi connectivity index (χ3v) is 3.44. The van der Waals surface area contributed by atoms with Gasteiger partial charge in [-0.1, -0.05) is 32.1 Å². The van der Waals surface area contributed by atoms with Crippen molar-refractivity contribution in [1.82, 2.24) is 5.32 Å². The van der Waals surface area contributed by atoms with Gasteiger partial charge in [0.15, 0.2) is 0 Å². The van der Waals surface area contributed by atoms with Gasteiger partial charge in [-0.2, -0.15) is 0 Å². The second-order valence-corrected chi connectivity index (χ2v) is 4.86. The van der Waals surface area contributed by atoms with Crippen LogP contribution in [-0.2, 0) is 14.3 Å². The lowest BCUT2D eigenvalue weighted by atomic mass is 9.86. The molecule has 1 aliphatic carbocycles. The molecule has 98 valence electrons. The summed E-state index contributed by atoms with van der Waals surface area (Å²) in [6.45, 7) is 1.64. The molecule has 0 saturated heterocycles. The van der Waals surface area contributed by atoms with Crippen LogP contribution in [0.5, 0.6) is 0 Å². The van der Waals surface area contributed by atoms with E-state index in [-0.39, 0.29) is 5.91 Å². The fraction of sp³-hybridized carbons (Fsp3) is 0.846. The van der Waals surface area contributed by atoms with E-state index in [1.807, 2.05) is 0 Å². The molecule has 1 N–H and O–H groups in total. The van der Waals surface area contributed by atoms with Gasteiger partial charge < -0.3 is 10.1 Å². The van der Waals surface area contributed by atoms with Crippen molar-refractivity contribution in [2.45, 2.75) is 57.9 Å². The smallest absolute Gasteiger partial charge is 0.328 e. The van der Waals surface area contributed by atoms with E-state index in [2.05, 4.69) is 10.1 Å². The lowest BCUT2D eigenvalue weighted by molar-refractivity contribution is -0.144. The zero-order valence-corrected chi connectivity index (χ0v) is 10.8. The quantitative estimate of drug-likeness (QED) is 0.749. The number of ether oxygens (including phenoxy) is 1. The van der Waals surface area contributed by atoms with Gasteiger partial charge in [-0.05, 0) is 19.3 Å². The number of amides is 1. The first-order chi connectivity index (χ1) is 8.13. The fourth-order valence-electron chi connectivity index (χ4n) is 2.36. The summed E-state index contributed by atoms with van der Waals surface area (Å²) in [4.78, 5) is 22.7. The standard InChI is InChI=1S/C13H23NO3/c1-10(13(16)17-2)14-12(15)9-8-11-6-4-3-5-7-11/h10-11H,3-9H2,1-2H3,(H,14,15)/t10-/m0/s1. The van der Waals surface area contributed by atoms with E-state index in [1.54, 1.807) is 6.92 Å². The molecule has 17 heavy (non-hydrogen) atoms. The minimum absolute atomic E-state index is 0.0477. The third kappa shape index (κ3) is 5.20. The summed E-state index contributed by atoms with van der Waals surface area (Å²) in [6, 6.07) is -0.543. The Balaban J connectivity index is 2.18. The zero-order chi connectivity index (χ0) is 12.7. The van der Waals surface area contributed by atoms with Gasteiger partial charge in [0.2, 0.25) is 5.91 Å². The van der Waals surface area contributed by atoms with E-state index in [4.69, 9.17) is 0 Å². The predicted octanol–water partition coefficient (Wildman–Crippen LogP) is 2.02. The van der Waals surface area contributed by atoms with E-state index in [9.17, 15) is 9.59 Å². The van der Waals surface area contributed by atoms with Gasteiger partial charge in [-0.25, -0.2) is 4.79 Å². The highest BCUT2D eigenvalue weighted by atomic mass is 16.5. The highest BCUT2D eigenvalue weighted by molar-refractivity contribution is 5.83. The molecule has 1 rings (SSSR count). The van der Waals surface area contributed by atoms with Crippen LogP contribution in [0.2, 0.25) is 0 Å². The van der Waals surface area contributed by atoms with Gasteiger partial charge in [0.05, 0.1) is 7.11 Å². The Morgan fingerprint density at radius 3 is 2.53 bits per heavy atom. The molecule has 0 unspecified atom stereocenters. The minimum Gasteiger partial charge on any atom is -0.467 e. The molecule has 4 nitrogen and oxygen atoms in total. The average molecular weight is 241 g/mol. The molecule has 1 atom stereocenters. The van der Waals surface area contributed by atoms with Crippen LogP contribution in [0.25, 0.3) is 0 Å².